The summed E-state index contributed by atoms with van der Waals surface area (Å²) in [6.07, 6.45) is 2.94. The first kappa shape index (κ1) is 8.28. The van der Waals surface area contributed by atoms with Crippen LogP contribution in [0.5, 0.6) is 0 Å². The summed E-state index contributed by atoms with van der Waals surface area (Å²) in [6, 6.07) is 7.52. The van der Waals surface area contributed by atoms with Crippen LogP contribution in [-0.2, 0) is 11.2 Å². The zero-order chi connectivity index (χ0) is 8.10. The van der Waals surface area contributed by atoms with Crippen LogP contribution in [0.1, 0.15) is 12.0 Å². The van der Waals surface area contributed by atoms with Gasteiger partial charge in [0.05, 0.1) is 0 Å². The van der Waals surface area contributed by atoms with Crippen molar-refractivity contribution in [3.8, 4) is 0 Å². The van der Waals surface area contributed by atoms with E-state index in [-0.39, 0.29) is 0 Å². The lowest BCUT2D eigenvalue weighted by Gasteiger charge is -1.98. The Kier molecular flexibility index (Phi) is 3.12. The monoisotopic (exact) mass is 167 g/mol. The van der Waals surface area contributed by atoms with Crippen molar-refractivity contribution in [2.24, 2.45) is 0 Å². The minimum absolute atomic E-state index is 0.420. The van der Waals surface area contributed by atoms with Crippen LogP contribution in [0.15, 0.2) is 24.3 Å². The van der Waals surface area contributed by atoms with Crippen molar-refractivity contribution in [1.29, 1.82) is 0 Å². The van der Waals surface area contributed by atoms with Gasteiger partial charge in [-0.15, -0.1) is 0 Å². The third-order valence-corrected chi connectivity index (χ3v) is 1.82. The minimum atomic E-state index is 0.420. The fourth-order valence-corrected chi connectivity index (χ4v) is 1.12. The highest BCUT2D eigenvalue weighted by molar-refractivity contribution is 6.31. The molecule has 0 N–H and O–H groups in total. The summed E-state index contributed by atoms with van der Waals surface area (Å²) in [4.78, 5) is 9.92. The molecule has 0 aliphatic rings. The first-order valence-corrected chi connectivity index (χ1v) is 3.81. The quantitative estimate of drug-likeness (QED) is 0.676. The first-order valence-electron chi connectivity index (χ1n) is 3.43. The highest BCUT2D eigenvalue weighted by atomic mass is 35.5. The standard InChI is InChI=1S/C9H8ClO/c10-9-6-2-1-4-8(9)5-3-7-11/h1-2,4,6H,3,5H2. The zero-order valence-corrected chi connectivity index (χ0v) is 6.77. The van der Waals surface area contributed by atoms with E-state index in [1.165, 1.54) is 0 Å². The van der Waals surface area contributed by atoms with Gasteiger partial charge in [0.1, 0.15) is 0 Å². The lowest BCUT2D eigenvalue weighted by molar-refractivity contribution is 0.551. The maximum atomic E-state index is 9.92. The molecule has 1 aromatic rings. The molecule has 0 aromatic heterocycles. The van der Waals surface area contributed by atoms with Gasteiger partial charge in [-0.25, -0.2) is 0 Å². The van der Waals surface area contributed by atoms with E-state index in [1.807, 2.05) is 30.6 Å². The Morgan fingerprint density at radius 1 is 1.36 bits per heavy atom. The van der Waals surface area contributed by atoms with Crippen LogP contribution >= 0.6 is 11.6 Å². The molecular formula is C9H8ClO. The Balaban J connectivity index is 2.69. The van der Waals surface area contributed by atoms with E-state index in [0.29, 0.717) is 12.8 Å². The molecule has 0 spiro atoms. The predicted octanol–water partition coefficient (Wildman–Crippen LogP) is 2.38. The van der Waals surface area contributed by atoms with E-state index in [2.05, 4.69) is 0 Å². The summed E-state index contributed by atoms with van der Waals surface area (Å²) >= 11 is 5.83. The summed E-state index contributed by atoms with van der Waals surface area (Å²) in [5.74, 6) is 0. The van der Waals surface area contributed by atoms with Crippen LogP contribution in [0.25, 0.3) is 0 Å². The number of rotatable bonds is 3. The van der Waals surface area contributed by atoms with E-state index in [4.69, 9.17) is 11.6 Å². The number of halogens is 1. The summed E-state index contributed by atoms with van der Waals surface area (Å²) in [5, 5.41) is 0.725. The van der Waals surface area contributed by atoms with Crippen LogP contribution in [0.4, 0.5) is 0 Å². The molecule has 11 heavy (non-hydrogen) atoms. The van der Waals surface area contributed by atoms with E-state index in [9.17, 15) is 4.79 Å². The van der Waals surface area contributed by atoms with Crippen LogP contribution in [0.2, 0.25) is 5.02 Å². The normalized spacial score (nSPS) is 9.55. The molecule has 0 heterocycles. The molecule has 1 rings (SSSR count). The number of carbonyl (C=O) groups excluding carboxylic acids is 1. The van der Waals surface area contributed by atoms with Gasteiger partial charge in [0.25, 0.3) is 0 Å². The van der Waals surface area contributed by atoms with Crippen molar-refractivity contribution in [3.63, 3.8) is 0 Å². The van der Waals surface area contributed by atoms with Gasteiger partial charge in [0, 0.05) is 11.4 Å². The van der Waals surface area contributed by atoms with Crippen molar-refractivity contribution in [3.05, 3.63) is 34.9 Å². The lowest BCUT2D eigenvalue weighted by Crippen LogP contribution is -1.86. The Hall–Kier alpha value is -0.820. The smallest absolute Gasteiger partial charge is 0.198 e. The third kappa shape index (κ3) is 2.35. The number of aryl methyl sites for hydroxylation is 1. The molecule has 1 nitrogen and oxygen atoms in total. The fourth-order valence-electron chi connectivity index (χ4n) is 0.887. The Bertz CT molecular complexity index is 245. The maximum Gasteiger partial charge on any atom is 0.198 e. The average Bonchev–Trinajstić information content (AvgIpc) is 2.03. The van der Waals surface area contributed by atoms with Crippen LogP contribution < -0.4 is 0 Å². The predicted molar refractivity (Wildman–Crippen MR) is 45.5 cm³/mol. The second-order valence-electron chi connectivity index (χ2n) is 2.24. The summed E-state index contributed by atoms with van der Waals surface area (Å²) in [7, 11) is 0. The molecule has 0 saturated heterocycles. The third-order valence-electron chi connectivity index (χ3n) is 1.45. The van der Waals surface area contributed by atoms with Gasteiger partial charge >= 0.3 is 0 Å². The molecule has 1 radical (unpaired) electrons. The molecule has 0 saturated carbocycles. The molecule has 2 heteroatoms. The van der Waals surface area contributed by atoms with Gasteiger partial charge in [-0.3, -0.25) is 4.79 Å². The molecule has 0 atom stereocenters. The second kappa shape index (κ2) is 4.14. The van der Waals surface area contributed by atoms with Gasteiger partial charge in [-0.1, -0.05) is 29.8 Å². The van der Waals surface area contributed by atoms with Crippen molar-refractivity contribution in [2.45, 2.75) is 12.8 Å². The van der Waals surface area contributed by atoms with Crippen molar-refractivity contribution < 1.29 is 4.79 Å². The molecule has 0 aliphatic carbocycles. The fraction of sp³-hybridized carbons (Fsp3) is 0.222. The molecule has 0 bridgehead atoms. The van der Waals surface area contributed by atoms with E-state index < -0.39 is 0 Å². The topological polar surface area (TPSA) is 17.1 Å². The van der Waals surface area contributed by atoms with Crippen molar-refractivity contribution >= 4 is 17.9 Å². The van der Waals surface area contributed by atoms with Crippen LogP contribution in [0.3, 0.4) is 0 Å². The molecular weight excluding hydrogens is 160 g/mol. The Labute approximate surface area is 71.0 Å². The van der Waals surface area contributed by atoms with Crippen molar-refractivity contribution in [1.82, 2.24) is 0 Å². The van der Waals surface area contributed by atoms with Crippen LogP contribution in [-0.4, -0.2) is 6.29 Å². The van der Waals surface area contributed by atoms with Gasteiger partial charge < -0.3 is 0 Å². The van der Waals surface area contributed by atoms with E-state index in [0.717, 1.165) is 10.6 Å². The zero-order valence-electron chi connectivity index (χ0n) is 6.01. The average molecular weight is 168 g/mol. The first-order chi connectivity index (χ1) is 5.34. The molecule has 0 amide bonds. The maximum absolute atomic E-state index is 9.92. The Morgan fingerprint density at radius 2 is 2.09 bits per heavy atom. The summed E-state index contributed by atoms with van der Waals surface area (Å²) in [5.41, 5.74) is 1.01. The number of benzene rings is 1. The lowest BCUT2D eigenvalue weighted by atomic mass is 10.1. The SMILES string of the molecule is O=[C]CCc1ccccc1Cl. The highest BCUT2D eigenvalue weighted by Gasteiger charge is 1.96. The largest absolute Gasteiger partial charge is 0.291 e. The molecule has 0 fully saturated rings. The highest BCUT2D eigenvalue weighted by Crippen LogP contribution is 2.15. The number of hydrogen-bond donors (Lipinski definition) is 0. The number of hydrogen-bond acceptors (Lipinski definition) is 1. The van der Waals surface area contributed by atoms with Gasteiger partial charge in [-0.2, -0.15) is 0 Å². The molecule has 57 valence electrons. The van der Waals surface area contributed by atoms with Crippen molar-refractivity contribution in [2.75, 3.05) is 0 Å². The molecule has 0 unspecified atom stereocenters. The van der Waals surface area contributed by atoms with Crippen LogP contribution in [0, 0.1) is 0 Å². The van der Waals surface area contributed by atoms with Gasteiger partial charge in [0.2, 0.25) is 0 Å². The Morgan fingerprint density at radius 3 is 2.73 bits per heavy atom. The van der Waals surface area contributed by atoms with E-state index in [1.54, 1.807) is 0 Å². The van der Waals surface area contributed by atoms with E-state index >= 15 is 0 Å². The summed E-state index contributed by atoms with van der Waals surface area (Å²) in [6.45, 7) is 0. The minimum Gasteiger partial charge on any atom is -0.291 e. The molecule has 1 aromatic carbocycles. The second-order valence-corrected chi connectivity index (χ2v) is 2.64. The van der Waals surface area contributed by atoms with Gasteiger partial charge in [0.15, 0.2) is 6.29 Å². The molecule has 0 aliphatic heterocycles. The van der Waals surface area contributed by atoms with Gasteiger partial charge in [-0.05, 0) is 18.1 Å². The summed E-state index contributed by atoms with van der Waals surface area (Å²) < 4.78 is 0.